The van der Waals surface area contributed by atoms with Crippen molar-refractivity contribution in [3.63, 3.8) is 0 Å². The topological polar surface area (TPSA) is 47.6 Å². The molecule has 4 nitrogen and oxygen atoms in total. The minimum absolute atomic E-state index is 0.00196. The SMILES string of the molecule is CCOC(=O)/C=C1\CCC[C@]2(CCC[C@@H]2CO[Si](c2ccccc2)(c2ccccc2)C(C)(C)C)N1. The van der Waals surface area contributed by atoms with Crippen molar-refractivity contribution in [3.8, 4) is 0 Å². The van der Waals surface area contributed by atoms with E-state index in [-0.39, 0.29) is 16.5 Å². The quantitative estimate of drug-likeness (QED) is 0.323. The lowest BCUT2D eigenvalue weighted by Gasteiger charge is -2.46. The van der Waals surface area contributed by atoms with Gasteiger partial charge < -0.3 is 14.5 Å². The van der Waals surface area contributed by atoms with Gasteiger partial charge in [-0.2, -0.15) is 0 Å². The van der Waals surface area contributed by atoms with E-state index in [2.05, 4.69) is 86.8 Å². The van der Waals surface area contributed by atoms with Gasteiger partial charge in [-0.3, -0.25) is 0 Å². The van der Waals surface area contributed by atoms with E-state index in [1.807, 2.05) is 6.92 Å². The lowest BCUT2D eigenvalue weighted by molar-refractivity contribution is -0.137. The smallest absolute Gasteiger partial charge is 0.332 e. The highest BCUT2D eigenvalue weighted by molar-refractivity contribution is 6.99. The third-order valence-electron chi connectivity index (χ3n) is 7.93. The van der Waals surface area contributed by atoms with Gasteiger partial charge >= 0.3 is 5.97 Å². The van der Waals surface area contributed by atoms with Gasteiger partial charge in [-0.1, -0.05) is 87.9 Å². The first-order valence-electron chi connectivity index (χ1n) is 13.2. The summed E-state index contributed by atoms with van der Waals surface area (Å²) in [6, 6.07) is 21.8. The number of ether oxygens (including phenoxy) is 1. The van der Waals surface area contributed by atoms with Gasteiger partial charge in [0.15, 0.2) is 0 Å². The van der Waals surface area contributed by atoms with E-state index in [1.165, 1.54) is 16.8 Å². The Labute approximate surface area is 212 Å². The monoisotopic (exact) mass is 491 g/mol. The summed E-state index contributed by atoms with van der Waals surface area (Å²) in [5.41, 5.74) is 1.02. The maximum atomic E-state index is 12.1. The number of allylic oxidation sites excluding steroid dienone is 1. The third kappa shape index (κ3) is 5.26. The van der Waals surface area contributed by atoms with Crippen LogP contribution in [-0.2, 0) is 14.0 Å². The van der Waals surface area contributed by atoms with Crippen LogP contribution in [0.2, 0.25) is 5.04 Å². The Bertz CT molecular complexity index is 975. The van der Waals surface area contributed by atoms with Crippen molar-refractivity contribution in [1.29, 1.82) is 0 Å². The van der Waals surface area contributed by atoms with E-state index in [0.717, 1.165) is 44.4 Å². The van der Waals surface area contributed by atoms with Crippen molar-refractivity contribution in [2.24, 2.45) is 5.92 Å². The lowest BCUT2D eigenvalue weighted by Crippen LogP contribution is -2.67. The van der Waals surface area contributed by atoms with Crippen LogP contribution in [0.15, 0.2) is 72.4 Å². The molecule has 2 aromatic carbocycles. The Kier molecular flexibility index (Phi) is 7.87. The highest BCUT2D eigenvalue weighted by atomic mass is 28.4. The zero-order chi connectivity index (χ0) is 24.9. The average molecular weight is 492 g/mol. The summed E-state index contributed by atoms with van der Waals surface area (Å²) in [4.78, 5) is 12.1. The third-order valence-corrected chi connectivity index (χ3v) is 12.9. The number of piperidine rings is 1. The van der Waals surface area contributed by atoms with Crippen LogP contribution in [0.25, 0.3) is 0 Å². The maximum Gasteiger partial charge on any atom is 0.332 e. The number of hydrogen-bond acceptors (Lipinski definition) is 4. The largest absolute Gasteiger partial charge is 0.463 e. The van der Waals surface area contributed by atoms with Crippen LogP contribution in [0.5, 0.6) is 0 Å². The number of nitrogens with one attached hydrogen (secondary N) is 1. The van der Waals surface area contributed by atoms with E-state index in [0.29, 0.717) is 12.5 Å². The van der Waals surface area contributed by atoms with E-state index in [1.54, 1.807) is 6.08 Å². The first kappa shape index (κ1) is 25.7. The first-order valence-corrected chi connectivity index (χ1v) is 15.1. The molecule has 4 rings (SSSR count). The molecule has 0 aromatic heterocycles. The molecule has 1 saturated carbocycles. The standard InChI is InChI=1S/C30H41NO3Si/c1-5-33-28(32)22-25-15-13-21-30(31-25)20-12-14-24(30)23-34-35(29(2,3)4,26-16-8-6-9-17-26)27-18-10-7-11-19-27/h6-11,16-19,22,24,31H,5,12-15,20-21,23H2,1-4H3/b25-22+/t24-,30+/m1/s1. The van der Waals surface area contributed by atoms with Gasteiger partial charge in [-0.15, -0.1) is 0 Å². The fourth-order valence-electron chi connectivity index (χ4n) is 6.34. The molecule has 0 radical (unpaired) electrons. The van der Waals surface area contributed by atoms with Crippen molar-refractivity contribution in [2.45, 2.75) is 76.8 Å². The van der Waals surface area contributed by atoms with Gasteiger partial charge in [-0.25, -0.2) is 4.79 Å². The van der Waals surface area contributed by atoms with E-state index in [9.17, 15) is 4.79 Å². The summed E-state index contributed by atoms with van der Waals surface area (Å²) in [6.45, 7) is 9.99. The van der Waals surface area contributed by atoms with Gasteiger partial charge in [0, 0.05) is 29.8 Å². The second-order valence-electron chi connectivity index (χ2n) is 11.1. The van der Waals surface area contributed by atoms with Crippen molar-refractivity contribution in [1.82, 2.24) is 5.32 Å². The van der Waals surface area contributed by atoms with Gasteiger partial charge in [0.1, 0.15) is 0 Å². The summed E-state index contributed by atoms with van der Waals surface area (Å²) in [7, 11) is -2.57. The Morgan fingerprint density at radius 3 is 2.20 bits per heavy atom. The second kappa shape index (κ2) is 10.7. The molecule has 1 aliphatic carbocycles. The van der Waals surface area contributed by atoms with Crippen LogP contribution in [0, 0.1) is 5.92 Å². The van der Waals surface area contributed by atoms with Gasteiger partial charge in [0.2, 0.25) is 0 Å². The van der Waals surface area contributed by atoms with Crippen LogP contribution in [0.4, 0.5) is 0 Å². The summed E-state index contributed by atoms with van der Waals surface area (Å²) in [5.74, 6) is 0.167. The van der Waals surface area contributed by atoms with Crippen LogP contribution >= 0.6 is 0 Å². The molecule has 1 N–H and O–H groups in total. The molecule has 1 saturated heterocycles. The molecule has 0 bridgehead atoms. The molecule has 5 heteroatoms. The summed E-state index contributed by atoms with van der Waals surface area (Å²) in [5, 5.41) is 6.44. The summed E-state index contributed by atoms with van der Waals surface area (Å²) >= 11 is 0. The number of rotatable bonds is 7. The molecule has 1 aliphatic heterocycles. The number of carbonyl (C=O) groups is 1. The Balaban J connectivity index is 1.64. The van der Waals surface area contributed by atoms with Crippen molar-refractivity contribution in [3.05, 3.63) is 72.4 Å². The molecule has 2 aromatic rings. The Morgan fingerprint density at radius 2 is 1.63 bits per heavy atom. The van der Waals surface area contributed by atoms with Crippen molar-refractivity contribution >= 4 is 24.7 Å². The second-order valence-corrected chi connectivity index (χ2v) is 15.4. The summed E-state index contributed by atoms with van der Waals surface area (Å²) < 4.78 is 12.5. The lowest BCUT2D eigenvalue weighted by atomic mass is 9.79. The van der Waals surface area contributed by atoms with Crippen molar-refractivity contribution in [2.75, 3.05) is 13.2 Å². The molecule has 188 valence electrons. The molecule has 1 spiro atoms. The number of hydrogen-bond donors (Lipinski definition) is 1. The van der Waals surface area contributed by atoms with Gasteiger partial charge in [-0.05, 0) is 54.4 Å². The predicted molar refractivity (Wildman–Crippen MR) is 145 cm³/mol. The molecular weight excluding hydrogens is 450 g/mol. The minimum Gasteiger partial charge on any atom is -0.463 e. The molecule has 2 atom stereocenters. The van der Waals surface area contributed by atoms with Crippen LogP contribution in [-0.4, -0.2) is 33.0 Å². The highest BCUT2D eigenvalue weighted by Gasteiger charge is 2.52. The minimum atomic E-state index is -2.57. The zero-order valence-corrected chi connectivity index (χ0v) is 22.8. The molecular formula is C30H41NO3Si. The number of carbonyl (C=O) groups excluding carboxylic acids is 1. The van der Waals surface area contributed by atoms with Gasteiger partial charge in [0.05, 0.1) is 6.61 Å². The normalized spacial score (nSPS) is 23.9. The first-order chi connectivity index (χ1) is 16.8. The number of esters is 1. The Hall–Kier alpha value is -2.37. The molecule has 1 heterocycles. The van der Waals surface area contributed by atoms with Crippen LogP contribution in [0.3, 0.4) is 0 Å². The zero-order valence-electron chi connectivity index (χ0n) is 21.8. The van der Waals surface area contributed by atoms with Crippen LogP contribution < -0.4 is 15.7 Å². The molecule has 35 heavy (non-hydrogen) atoms. The number of benzene rings is 2. The van der Waals surface area contributed by atoms with E-state index < -0.39 is 8.32 Å². The highest BCUT2D eigenvalue weighted by Crippen LogP contribution is 2.45. The van der Waals surface area contributed by atoms with Crippen LogP contribution in [0.1, 0.15) is 66.2 Å². The fraction of sp³-hybridized carbons (Fsp3) is 0.500. The summed E-state index contributed by atoms with van der Waals surface area (Å²) in [6.07, 6.45) is 8.26. The maximum absolute atomic E-state index is 12.1. The predicted octanol–water partition coefficient (Wildman–Crippen LogP) is 5.32. The molecule has 2 fully saturated rings. The molecule has 2 aliphatic rings. The van der Waals surface area contributed by atoms with Gasteiger partial charge in [0.25, 0.3) is 8.32 Å². The van der Waals surface area contributed by atoms with E-state index in [4.69, 9.17) is 9.16 Å². The van der Waals surface area contributed by atoms with E-state index >= 15 is 0 Å². The molecule has 0 amide bonds. The average Bonchev–Trinajstić information content (AvgIpc) is 3.21. The molecule has 0 unspecified atom stereocenters. The fourth-order valence-corrected chi connectivity index (χ4v) is 10.9. The van der Waals surface area contributed by atoms with Crippen molar-refractivity contribution < 1.29 is 14.0 Å². The Morgan fingerprint density at radius 1 is 1.03 bits per heavy atom.